The van der Waals surface area contributed by atoms with Gasteiger partial charge >= 0.3 is 0 Å². The van der Waals surface area contributed by atoms with Crippen molar-refractivity contribution in [1.29, 1.82) is 0 Å². The topological polar surface area (TPSA) is 42.7 Å². The lowest BCUT2D eigenvalue weighted by molar-refractivity contribution is 0.677. The number of aryl methyl sites for hydroxylation is 1. The molecule has 0 aliphatic heterocycles. The number of nitrogens with zero attached hydrogens (tertiary/aromatic N) is 3. The summed E-state index contributed by atoms with van der Waals surface area (Å²) in [5, 5.41) is 3.46. The molecule has 0 bridgehead atoms. The van der Waals surface area contributed by atoms with E-state index in [0.29, 0.717) is 0 Å². The Morgan fingerprint density at radius 1 is 1.41 bits per heavy atom. The monoisotopic (exact) mass is 228 g/mol. The van der Waals surface area contributed by atoms with Crippen LogP contribution in [-0.2, 0) is 6.54 Å². The van der Waals surface area contributed by atoms with Crippen LogP contribution < -0.4 is 5.32 Å². The van der Waals surface area contributed by atoms with E-state index in [9.17, 15) is 0 Å². The predicted molar refractivity (Wildman–Crippen MR) is 66.0 cm³/mol. The van der Waals surface area contributed by atoms with Crippen LogP contribution >= 0.6 is 0 Å². The first-order valence-corrected chi connectivity index (χ1v) is 6.00. The van der Waals surface area contributed by atoms with Crippen molar-refractivity contribution in [2.24, 2.45) is 0 Å². The van der Waals surface area contributed by atoms with Crippen molar-refractivity contribution in [3.05, 3.63) is 42.2 Å². The van der Waals surface area contributed by atoms with E-state index in [-0.39, 0.29) is 0 Å². The van der Waals surface area contributed by atoms with Gasteiger partial charge in [-0.15, -0.1) is 0 Å². The second kappa shape index (κ2) is 4.30. The van der Waals surface area contributed by atoms with Gasteiger partial charge in [-0.3, -0.25) is 4.98 Å². The predicted octanol–water partition coefficient (Wildman–Crippen LogP) is 1.83. The number of imidazole rings is 1. The molecule has 1 N–H and O–H groups in total. The zero-order valence-corrected chi connectivity index (χ0v) is 9.93. The van der Waals surface area contributed by atoms with Crippen molar-refractivity contribution in [2.45, 2.75) is 32.4 Å². The van der Waals surface area contributed by atoms with E-state index in [1.165, 1.54) is 12.8 Å². The summed E-state index contributed by atoms with van der Waals surface area (Å²) in [7, 11) is 0. The van der Waals surface area contributed by atoms with E-state index in [4.69, 9.17) is 0 Å². The molecule has 0 amide bonds. The van der Waals surface area contributed by atoms with Crippen molar-refractivity contribution >= 4 is 0 Å². The lowest BCUT2D eigenvalue weighted by Gasteiger charge is -2.02. The summed E-state index contributed by atoms with van der Waals surface area (Å²) < 4.78 is 2.04. The fourth-order valence-electron chi connectivity index (χ4n) is 1.82. The van der Waals surface area contributed by atoms with E-state index < -0.39 is 0 Å². The number of nitrogens with one attached hydrogen (secondary N) is 1. The second-order valence-electron chi connectivity index (χ2n) is 4.58. The van der Waals surface area contributed by atoms with Gasteiger partial charge in [-0.2, -0.15) is 0 Å². The van der Waals surface area contributed by atoms with Crippen LogP contribution in [0.3, 0.4) is 0 Å². The third-order valence-corrected chi connectivity index (χ3v) is 2.96. The average Bonchev–Trinajstić information content (AvgIpc) is 3.04. The lowest BCUT2D eigenvalue weighted by atomic mass is 10.3. The van der Waals surface area contributed by atoms with Crippen LogP contribution in [0, 0.1) is 6.92 Å². The Kier molecular flexibility index (Phi) is 2.65. The number of rotatable bonds is 4. The molecule has 4 nitrogen and oxygen atoms in total. The lowest BCUT2D eigenvalue weighted by Crippen LogP contribution is -2.15. The smallest absolute Gasteiger partial charge is 0.0995 e. The van der Waals surface area contributed by atoms with Crippen molar-refractivity contribution in [3.63, 3.8) is 0 Å². The van der Waals surface area contributed by atoms with Crippen LogP contribution in [0.1, 0.15) is 24.2 Å². The summed E-state index contributed by atoms with van der Waals surface area (Å²) in [6.45, 7) is 2.86. The van der Waals surface area contributed by atoms with Crippen LogP contribution in [-0.4, -0.2) is 20.6 Å². The van der Waals surface area contributed by atoms with Crippen LogP contribution in [0.25, 0.3) is 5.69 Å². The Bertz CT molecular complexity index is 514. The SMILES string of the molecule is Cc1cc(-n2cnc(CNC3CC3)c2)ccn1. The molecule has 2 aromatic rings. The molecule has 1 aliphatic rings. The van der Waals surface area contributed by atoms with Crippen molar-refractivity contribution < 1.29 is 0 Å². The largest absolute Gasteiger partial charge is 0.308 e. The molecule has 3 rings (SSSR count). The first kappa shape index (κ1) is 10.5. The van der Waals surface area contributed by atoms with Gasteiger partial charge in [-0.1, -0.05) is 0 Å². The van der Waals surface area contributed by atoms with Crippen LogP contribution in [0.2, 0.25) is 0 Å². The van der Waals surface area contributed by atoms with E-state index in [0.717, 1.165) is 29.7 Å². The summed E-state index contributed by atoms with van der Waals surface area (Å²) in [5.41, 5.74) is 3.22. The van der Waals surface area contributed by atoms with Gasteiger partial charge in [0, 0.05) is 36.4 Å². The number of hydrogen-bond acceptors (Lipinski definition) is 3. The van der Waals surface area contributed by atoms with Gasteiger partial charge in [0.15, 0.2) is 0 Å². The maximum absolute atomic E-state index is 4.40. The highest BCUT2D eigenvalue weighted by Crippen LogP contribution is 2.19. The standard InChI is InChI=1S/C13H16N4/c1-10-6-13(4-5-14-10)17-8-12(16-9-17)7-15-11-2-3-11/h4-6,8-9,11,15H,2-3,7H2,1H3. The van der Waals surface area contributed by atoms with E-state index in [1.807, 2.05) is 30.1 Å². The quantitative estimate of drug-likeness (QED) is 0.868. The summed E-state index contributed by atoms with van der Waals surface area (Å²) in [5.74, 6) is 0. The molecule has 1 fully saturated rings. The Morgan fingerprint density at radius 3 is 3.06 bits per heavy atom. The van der Waals surface area contributed by atoms with E-state index >= 15 is 0 Å². The first-order chi connectivity index (χ1) is 8.31. The molecule has 0 spiro atoms. The molecule has 88 valence electrons. The minimum atomic E-state index is 0.725. The van der Waals surface area contributed by atoms with Gasteiger partial charge in [0.1, 0.15) is 0 Å². The fourth-order valence-corrected chi connectivity index (χ4v) is 1.82. The molecule has 2 heterocycles. The Hall–Kier alpha value is -1.68. The number of pyridine rings is 1. The molecule has 1 aliphatic carbocycles. The van der Waals surface area contributed by atoms with Gasteiger partial charge in [0.25, 0.3) is 0 Å². The minimum absolute atomic E-state index is 0.725. The molecule has 0 unspecified atom stereocenters. The fraction of sp³-hybridized carbons (Fsp3) is 0.385. The molecule has 1 saturated carbocycles. The van der Waals surface area contributed by atoms with Crippen molar-refractivity contribution in [2.75, 3.05) is 0 Å². The van der Waals surface area contributed by atoms with Gasteiger partial charge < -0.3 is 9.88 Å². The molecule has 2 aromatic heterocycles. The Morgan fingerprint density at radius 2 is 2.29 bits per heavy atom. The summed E-state index contributed by atoms with van der Waals surface area (Å²) >= 11 is 0. The van der Waals surface area contributed by atoms with Gasteiger partial charge in [-0.05, 0) is 31.9 Å². The highest BCUT2D eigenvalue weighted by molar-refractivity contribution is 5.32. The molecule has 4 heteroatoms. The zero-order valence-electron chi connectivity index (χ0n) is 9.93. The molecule has 0 radical (unpaired) electrons. The van der Waals surface area contributed by atoms with Crippen LogP contribution in [0.15, 0.2) is 30.9 Å². The molecular formula is C13H16N4. The Labute approximate surface area is 101 Å². The van der Waals surface area contributed by atoms with Crippen LogP contribution in [0.5, 0.6) is 0 Å². The second-order valence-corrected chi connectivity index (χ2v) is 4.58. The maximum Gasteiger partial charge on any atom is 0.0995 e. The molecule has 0 aromatic carbocycles. The maximum atomic E-state index is 4.40. The van der Waals surface area contributed by atoms with Gasteiger partial charge in [0.2, 0.25) is 0 Å². The highest BCUT2D eigenvalue weighted by Gasteiger charge is 2.20. The normalized spacial score (nSPS) is 15.1. The van der Waals surface area contributed by atoms with E-state index in [2.05, 4.69) is 27.5 Å². The molecule has 0 atom stereocenters. The summed E-state index contributed by atoms with van der Waals surface area (Å²) in [4.78, 5) is 8.60. The van der Waals surface area contributed by atoms with Crippen molar-refractivity contribution in [3.8, 4) is 5.69 Å². The van der Waals surface area contributed by atoms with Crippen LogP contribution in [0.4, 0.5) is 0 Å². The number of aromatic nitrogens is 3. The first-order valence-electron chi connectivity index (χ1n) is 6.00. The minimum Gasteiger partial charge on any atom is -0.308 e. The zero-order chi connectivity index (χ0) is 11.7. The van der Waals surface area contributed by atoms with E-state index in [1.54, 1.807) is 0 Å². The number of hydrogen-bond donors (Lipinski definition) is 1. The highest BCUT2D eigenvalue weighted by atomic mass is 15.1. The third kappa shape index (κ3) is 2.53. The summed E-state index contributed by atoms with van der Waals surface area (Å²) in [6.07, 6.45) is 8.38. The van der Waals surface area contributed by atoms with Gasteiger partial charge in [-0.25, -0.2) is 4.98 Å². The van der Waals surface area contributed by atoms with Gasteiger partial charge in [0.05, 0.1) is 12.0 Å². The molecule has 0 saturated heterocycles. The van der Waals surface area contributed by atoms with Crippen molar-refractivity contribution in [1.82, 2.24) is 19.9 Å². The molecule has 17 heavy (non-hydrogen) atoms. The molecular weight excluding hydrogens is 212 g/mol. The average molecular weight is 228 g/mol. The third-order valence-electron chi connectivity index (χ3n) is 2.96. The Balaban J connectivity index is 1.74. The summed E-state index contributed by atoms with van der Waals surface area (Å²) in [6, 6.07) is 4.77.